The number of esters is 1. The smallest absolute Gasteiger partial charge is 0.343 e. The van der Waals surface area contributed by atoms with Crippen LogP contribution in [0.5, 0.6) is 0 Å². The van der Waals surface area contributed by atoms with Crippen LogP contribution in [-0.2, 0) is 34.8 Å². The van der Waals surface area contributed by atoms with Gasteiger partial charge in [-0.3, -0.25) is 4.79 Å². The summed E-state index contributed by atoms with van der Waals surface area (Å²) in [4.78, 5) is 30.9. The molecule has 0 fully saturated rings. The number of carbonyl (C=O) groups excluding carboxylic acids is 1. The van der Waals surface area contributed by atoms with Crippen LogP contribution >= 0.6 is 0 Å². The molecule has 0 unspecified atom stereocenters. The summed E-state index contributed by atoms with van der Waals surface area (Å²) in [6, 6.07) is 7.89. The minimum Gasteiger partial charge on any atom is -0.458 e. The third-order valence-corrected chi connectivity index (χ3v) is 6.82. The van der Waals surface area contributed by atoms with Crippen molar-refractivity contribution in [2.45, 2.75) is 59.4 Å². The fourth-order valence-electron chi connectivity index (χ4n) is 5.10. The number of para-hydroxylation sites is 1. The highest BCUT2D eigenvalue weighted by atomic mass is 16.6. The van der Waals surface area contributed by atoms with Gasteiger partial charge in [0.15, 0.2) is 5.60 Å². The number of anilines is 1. The quantitative estimate of drug-likeness (QED) is 0.399. The number of nitrogen functional groups attached to an aromatic ring is 1. The number of benzene rings is 1. The zero-order valence-electron chi connectivity index (χ0n) is 20.0. The first-order valence-corrected chi connectivity index (χ1v) is 11.6. The fraction of sp³-hybridized carbons (Fsp3) is 0.423. The molecule has 8 nitrogen and oxygen atoms in total. The predicted molar refractivity (Wildman–Crippen MR) is 130 cm³/mol. The Labute approximate surface area is 197 Å². The number of nitrogens with one attached hydrogen (secondary N) is 1. The van der Waals surface area contributed by atoms with E-state index in [1.807, 2.05) is 24.3 Å². The van der Waals surface area contributed by atoms with Crippen molar-refractivity contribution in [1.82, 2.24) is 14.9 Å². The molecule has 1 atom stereocenters. The van der Waals surface area contributed by atoms with Crippen LogP contribution in [0, 0.1) is 5.41 Å². The molecule has 0 spiro atoms. The number of aromatic nitrogens is 2. The van der Waals surface area contributed by atoms with Gasteiger partial charge >= 0.3 is 5.97 Å². The minimum atomic E-state index is -1.96. The molecule has 3 aromatic rings. The molecule has 0 saturated heterocycles. The van der Waals surface area contributed by atoms with Crippen LogP contribution in [0.25, 0.3) is 22.3 Å². The average Bonchev–Trinajstić information content (AvgIpc) is 3.18. The van der Waals surface area contributed by atoms with E-state index in [0.29, 0.717) is 24.5 Å². The number of pyridine rings is 2. The maximum Gasteiger partial charge on any atom is 0.343 e. The first kappa shape index (κ1) is 22.6. The zero-order valence-corrected chi connectivity index (χ0v) is 20.0. The van der Waals surface area contributed by atoms with Gasteiger partial charge in [-0.05, 0) is 23.5 Å². The van der Waals surface area contributed by atoms with Gasteiger partial charge in [0.25, 0.3) is 5.56 Å². The molecule has 2 aliphatic rings. The number of hydrogen-bond donors (Lipinski definition) is 3. The van der Waals surface area contributed by atoms with Crippen LogP contribution in [0.4, 0.5) is 5.69 Å². The second-order valence-corrected chi connectivity index (χ2v) is 10.4. The van der Waals surface area contributed by atoms with Crippen molar-refractivity contribution in [3.63, 3.8) is 0 Å². The van der Waals surface area contributed by atoms with Crippen molar-refractivity contribution < 1.29 is 14.6 Å². The molecular weight excluding hydrogens is 432 g/mol. The summed E-state index contributed by atoms with van der Waals surface area (Å²) < 4.78 is 6.78. The van der Waals surface area contributed by atoms with E-state index in [4.69, 9.17) is 15.5 Å². The van der Waals surface area contributed by atoms with Gasteiger partial charge in [0, 0.05) is 29.6 Å². The third-order valence-electron chi connectivity index (χ3n) is 6.82. The molecule has 2 aromatic heterocycles. The summed E-state index contributed by atoms with van der Waals surface area (Å²) in [7, 11) is 0. The highest BCUT2D eigenvalue weighted by Crippen LogP contribution is 2.44. The van der Waals surface area contributed by atoms with E-state index < -0.39 is 11.6 Å². The molecule has 5 rings (SSSR count). The minimum absolute atomic E-state index is 0.0475. The van der Waals surface area contributed by atoms with Gasteiger partial charge in [0.05, 0.1) is 34.7 Å². The molecule has 178 valence electrons. The van der Waals surface area contributed by atoms with E-state index in [0.717, 1.165) is 28.6 Å². The van der Waals surface area contributed by atoms with Crippen LogP contribution in [0.2, 0.25) is 0 Å². The lowest BCUT2D eigenvalue weighted by Crippen LogP contribution is -2.45. The predicted octanol–water partition coefficient (Wildman–Crippen LogP) is 2.80. The molecule has 0 saturated carbocycles. The van der Waals surface area contributed by atoms with Crippen LogP contribution in [-0.4, -0.2) is 27.2 Å². The van der Waals surface area contributed by atoms with Gasteiger partial charge in [-0.15, -0.1) is 0 Å². The second-order valence-electron chi connectivity index (χ2n) is 10.4. The maximum atomic E-state index is 13.5. The zero-order chi connectivity index (χ0) is 24.4. The average molecular weight is 463 g/mol. The first-order chi connectivity index (χ1) is 16.1. The Morgan fingerprint density at radius 2 is 1.97 bits per heavy atom. The molecule has 0 radical (unpaired) electrons. The summed E-state index contributed by atoms with van der Waals surface area (Å²) in [5.74, 6) is -0.782. The lowest BCUT2D eigenvalue weighted by atomic mass is 9.84. The number of nitrogens with zero attached hydrogens (tertiary/aromatic N) is 2. The normalized spacial score (nSPS) is 19.0. The van der Waals surface area contributed by atoms with Gasteiger partial charge in [-0.25, -0.2) is 9.78 Å². The number of cyclic esters (lactones) is 1. The van der Waals surface area contributed by atoms with Crippen LogP contribution in [0.15, 0.2) is 29.1 Å². The van der Waals surface area contributed by atoms with E-state index in [-0.39, 0.29) is 40.8 Å². The number of aliphatic hydroxyl groups is 1. The number of ether oxygens (including phenoxy) is 1. The molecule has 0 amide bonds. The van der Waals surface area contributed by atoms with E-state index >= 15 is 0 Å². The Morgan fingerprint density at radius 1 is 1.24 bits per heavy atom. The number of rotatable bonds is 4. The SMILES string of the molecule is CC[C@@]1(O)C(=O)OCc2c1c(N)c1n(c2=O)Cc2c-1nc1ccccc1c2CNCC(C)(C)C. The van der Waals surface area contributed by atoms with E-state index in [1.54, 1.807) is 11.5 Å². The molecule has 0 aliphatic carbocycles. The third kappa shape index (κ3) is 3.24. The standard InChI is InChI=1S/C26H30N4O4/c1-5-26(33)19-17(12-34-24(26)32)23(31)30-11-16-15(10-28-13-25(2,3)4)14-8-6-7-9-18(14)29-21(16)22(30)20(19)27/h6-9,28,33H,5,10-13,27H2,1-4H3/t26-/m0/s1. The van der Waals surface area contributed by atoms with Crippen LogP contribution < -0.4 is 16.6 Å². The maximum absolute atomic E-state index is 13.5. The van der Waals surface area contributed by atoms with Gasteiger partial charge in [0.2, 0.25) is 0 Å². The van der Waals surface area contributed by atoms with E-state index in [9.17, 15) is 14.7 Å². The summed E-state index contributed by atoms with van der Waals surface area (Å²) in [5.41, 5.74) is 8.97. The molecule has 0 bridgehead atoms. The topological polar surface area (TPSA) is 119 Å². The number of nitrogens with two attached hydrogens (primary N) is 1. The summed E-state index contributed by atoms with van der Waals surface area (Å²) in [6.07, 6.45) is 0.0475. The Morgan fingerprint density at radius 3 is 2.68 bits per heavy atom. The first-order valence-electron chi connectivity index (χ1n) is 11.6. The Balaban J connectivity index is 1.75. The molecule has 34 heavy (non-hydrogen) atoms. The Hall–Kier alpha value is -3.23. The second kappa shape index (κ2) is 7.65. The Kier molecular flexibility index (Phi) is 5.07. The van der Waals surface area contributed by atoms with Gasteiger partial charge in [-0.2, -0.15) is 0 Å². The van der Waals surface area contributed by atoms with Crippen LogP contribution in [0.3, 0.4) is 0 Å². The number of fused-ring (bicyclic) bond motifs is 5. The number of hydrogen-bond acceptors (Lipinski definition) is 7. The van der Waals surface area contributed by atoms with E-state index in [2.05, 4.69) is 26.1 Å². The van der Waals surface area contributed by atoms with Crippen molar-refractivity contribution in [3.8, 4) is 11.4 Å². The van der Waals surface area contributed by atoms with Crippen LogP contribution in [0.1, 0.15) is 56.4 Å². The molecule has 4 heterocycles. The lowest BCUT2D eigenvalue weighted by molar-refractivity contribution is -0.172. The molecule has 1 aromatic carbocycles. The fourth-order valence-corrected chi connectivity index (χ4v) is 5.10. The number of carbonyl (C=O) groups is 1. The lowest BCUT2D eigenvalue weighted by Gasteiger charge is -2.33. The molecule has 2 aliphatic heterocycles. The van der Waals surface area contributed by atoms with Gasteiger partial charge in [0.1, 0.15) is 6.61 Å². The Bertz CT molecular complexity index is 1400. The highest BCUT2D eigenvalue weighted by Gasteiger charge is 2.47. The molecular formula is C26H30N4O4. The van der Waals surface area contributed by atoms with Gasteiger partial charge < -0.3 is 25.5 Å². The summed E-state index contributed by atoms with van der Waals surface area (Å²) in [5, 5.41) is 15.7. The molecule has 4 N–H and O–H groups in total. The highest BCUT2D eigenvalue weighted by molar-refractivity contribution is 5.93. The largest absolute Gasteiger partial charge is 0.458 e. The van der Waals surface area contributed by atoms with Crippen molar-refractivity contribution >= 4 is 22.6 Å². The van der Waals surface area contributed by atoms with Gasteiger partial charge in [-0.1, -0.05) is 45.9 Å². The summed E-state index contributed by atoms with van der Waals surface area (Å²) >= 11 is 0. The van der Waals surface area contributed by atoms with Crippen molar-refractivity contribution in [2.24, 2.45) is 5.41 Å². The molecule has 8 heteroatoms. The summed E-state index contributed by atoms with van der Waals surface area (Å²) in [6.45, 7) is 9.75. The van der Waals surface area contributed by atoms with E-state index in [1.165, 1.54) is 0 Å². The monoisotopic (exact) mass is 462 g/mol. The van der Waals surface area contributed by atoms with Crippen molar-refractivity contribution in [2.75, 3.05) is 12.3 Å². The van der Waals surface area contributed by atoms with Crippen molar-refractivity contribution in [1.29, 1.82) is 0 Å². The van der Waals surface area contributed by atoms with Crippen molar-refractivity contribution in [3.05, 3.63) is 56.9 Å².